The Bertz CT molecular complexity index is 278. The zero-order valence-corrected chi connectivity index (χ0v) is 8.11. The van der Waals surface area contributed by atoms with Crippen LogP contribution in [0.2, 0.25) is 0 Å². The second-order valence-electron chi connectivity index (χ2n) is 3.49. The summed E-state index contributed by atoms with van der Waals surface area (Å²) in [7, 11) is 0. The zero-order valence-electron chi connectivity index (χ0n) is 8.11. The number of anilines is 2. The van der Waals surface area contributed by atoms with E-state index in [9.17, 15) is 0 Å². The Morgan fingerprint density at radius 1 is 1.14 bits per heavy atom. The summed E-state index contributed by atoms with van der Waals surface area (Å²) in [6.45, 7) is 2.15. The third kappa shape index (κ3) is 2.32. The van der Waals surface area contributed by atoms with Gasteiger partial charge in [-0.25, -0.2) is 15.0 Å². The fraction of sp³-hybridized carbons (Fsp3) is 0.556. The van der Waals surface area contributed by atoms with Crippen molar-refractivity contribution in [2.75, 3.05) is 24.2 Å². The number of nitrogens with one attached hydrogen (secondary N) is 1. The van der Waals surface area contributed by atoms with E-state index in [0.29, 0.717) is 5.82 Å². The first-order chi connectivity index (χ1) is 6.84. The lowest BCUT2D eigenvalue weighted by molar-refractivity contribution is 0.272. The fourth-order valence-corrected chi connectivity index (χ4v) is 1.56. The first-order valence-electron chi connectivity index (χ1n) is 4.94. The molecule has 2 heterocycles. The normalized spacial score (nSPS) is 18.0. The predicted octanol–water partition coefficient (Wildman–Crippen LogP) is 0.872. The number of hydrogen-bond donors (Lipinski definition) is 2. The van der Waals surface area contributed by atoms with Crippen LogP contribution >= 0.6 is 0 Å². The van der Waals surface area contributed by atoms with Gasteiger partial charge in [-0.1, -0.05) is 6.42 Å². The highest BCUT2D eigenvalue weighted by molar-refractivity contribution is 5.34. The van der Waals surface area contributed by atoms with Gasteiger partial charge in [-0.3, -0.25) is 0 Å². The van der Waals surface area contributed by atoms with E-state index in [1.165, 1.54) is 19.3 Å². The summed E-state index contributed by atoms with van der Waals surface area (Å²) in [6.07, 6.45) is 7.03. The predicted molar refractivity (Wildman–Crippen MR) is 55.5 cm³/mol. The number of rotatable bonds is 2. The van der Waals surface area contributed by atoms with Gasteiger partial charge in [0.1, 0.15) is 5.82 Å². The maximum absolute atomic E-state index is 5.44. The fourth-order valence-electron chi connectivity index (χ4n) is 1.56. The average molecular weight is 193 g/mol. The number of aromatic nitrogens is 2. The molecule has 3 N–H and O–H groups in total. The SMILES string of the molecule is Nc1cnc(NN2CCCCC2)cn1. The highest BCUT2D eigenvalue weighted by Crippen LogP contribution is 2.10. The van der Waals surface area contributed by atoms with Gasteiger partial charge >= 0.3 is 0 Å². The van der Waals surface area contributed by atoms with E-state index < -0.39 is 0 Å². The molecule has 0 unspecified atom stereocenters. The zero-order chi connectivity index (χ0) is 9.80. The molecule has 1 aliphatic heterocycles. The minimum Gasteiger partial charge on any atom is -0.382 e. The minimum absolute atomic E-state index is 0.453. The number of nitrogens with zero attached hydrogens (tertiary/aromatic N) is 3. The standard InChI is InChI=1S/C9H15N5/c10-8-6-12-9(7-11-8)13-14-4-2-1-3-5-14/h6-7H,1-5H2,(H2,10,11)(H,12,13). The highest BCUT2D eigenvalue weighted by Gasteiger charge is 2.09. The van der Waals surface area contributed by atoms with E-state index in [0.717, 1.165) is 18.9 Å². The molecule has 76 valence electrons. The van der Waals surface area contributed by atoms with Gasteiger partial charge in [-0.2, -0.15) is 0 Å². The van der Waals surface area contributed by atoms with Crippen molar-refractivity contribution in [2.45, 2.75) is 19.3 Å². The van der Waals surface area contributed by atoms with E-state index in [2.05, 4.69) is 20.4 Å². The summed E-state index contributed by atoms with van der Waals surface area (Å²) < 4.78 is 0. The molecular weight excluding hydrogens is 178 g/mol. The van der Waals surface area contributed by atoms with E-state index in [4.69, 9.17) is 5.73 Å². The van der Waals surface area contributed by atoms with Crippen LogP contribution in [0.1, 0.15) is 19.3 Å². The number of nitrogens with two attached hydrogens (primary N) is 1. The summed E-state index contributed by atoms with van der Waals surface area (Å²) in [5, 5.41) is 2.17. The van der Waals surface area contributed by atoms with Crippen LogP contribution in [-0.4, -0.2) is 28.1 Å². The van der Waals surface area contributed by atoms with Crippen LogP contribution < -0.4 is 11.2 Å². The molecule has 1 aromatic heterocycles. The van der Waals surface area contributed by atoms with Gasteiger partial charge in [0.2, 0.25) is 0 Å². The topological polar surface area (TPSA) is 67.1 Å². The Kier molecular flexibility index (Phi) is 2.78. The molecule has 0 amide bonds. The van der Waals surface area contributed by atoms with E-state index in [1.807, 2.05) is 0 Å². The molecular formula is C9H15N5. The van der Waals surface area contributed by atoms with Crippen molar-refractivity contribution < 1.29 is 0 Å². The molecule has 1 aromatic rings. The molecule has 1 fully saturated rings. The number of nitrogen functional groups attached to an aromatic ring is 1. The molecule has 5 nitrogen and oxygen atoms in total. The third-order valence-corrected chi connectivity index (χ3v) is 2.30. The molecule has 0 saturated carbocycles. The van der Waals surface area contributed by atoms with Gasteiger partial charge in [-0.15, -0.1) is 0 Å². The Balaban J connectivity index is 1.92. The lowest BCUT2D eigenvalue weighted by atomic mass is 10.2. The Morgan fingerprint density at radius 3 is 2.57 bits per heavy atom. The summed E-state index contributed by atoms with van der Waals surface area (Å²) >= 11 is 0. The quantitative estimate of drug-likeness (QED) is 0.729. The van der Waals surface area contributed by atoms with Crippen LogP contribution in [0.15, 0.2) is 12.4 Å². The van der Waals surface area contributed by atoms with Gasteiger partial charge in [0, 0.05) is 13.1 Å². The molecule has 2 rings (SSSR count). The number of piperidine rings is 1. The molecule has 0 aliphatic carbocycles. The molecule has 0 aromatic carbocycles. The van der Waals surface area contributed by atoms with Crippen LogP contribution in [0.3, 0.4) is 0 Å². The van der Waals surface area contributed by atoms with Crippen LogP contribution in [-0.2, 0) is 0 Å². The Labute approximate surface area is 83.3 Å². The van der Waals surface area contributed by atoms with Gasteiger partial charge in [-0.05, 0) is 12.8 Å². The molecule has 1 aliphatic rings. The van der Waals surface area contributed by atoms with Crippen LogP contribution in [0.25, 0.3) is 0 Å². The summed E-state index contributed by atoms with van der Waals surface area (Å²) in [4.78, 5) is 8.10. The lowest BCUT2D eigenvalue weighted by Crippen LogP contribution is -2.35. The lowest BCUT2D eigenvalue weighted by Gasteiger charge is -2.26. The van der Waals surface area contributed by atoms with Crippen molar-refractivity contribution in [2.24, 2.45) is 0 Å². The van der Waals surface area contributed by atoms with Crippen molar-refractivity contribution in [1.82, 2.24) is 15.0 Å². The molecule has 5 heteroatoms. The maximum Gasteiger partial charge on any atom is 0.159 e. The second-order valence-corrected chi connectivity index (χ2v) is 3.49. The maximum atomic E-state index is 5.44. The van der Waals surface area contributed by atoms with Gasteiger partial charge in [0.05, 0.1) is 12.4 Å². The summed E-state index contributed by atoms with van der Waals surface area (Å²) in [6, 6.07) is 0. The van der Waals surface area contributed by atoms with Crippen molar-refractivity contribution in [3.8, 4) is 0 Å². The van der Waals surface area contributed by atoms with Crippen molar-refractivity contribution in [1.29, 1.82) is 0 Å². The number of hydrazine groups is 1. The summed E-state index contributed by atoms with van der Waals surface area (Å²) in [5.41, 5.74) is 8.66. The molecule has 0 bridgehead atoms. The summed E-state index contributed by atoms with van der Waals surface area (Å²) in [5.74, 6) is 1.22. The van der Waals surface area contributed by atoms with E-state index >= 15 is 0 Å². The largest absolute Gasteiger partial charge is 0.382 e. The molecule has 0 radical (unpaired) electrons. The number of hydrogen-bond acceptors (Lipinski definition) is 5. The minimum atomic E-state index is 0.453. The van der Waals surface area contributed by atoms with Crippen molar-refractivity contribution in [3.63, 3.8) is 0 Å². The highest BCUT2D eigenvalue weighted by atomic mass is 15.5. The molecule has 0 atom stereocenters. The Morgan fingerprint density at radius 2 is 1.93 bits per heavy atom. The first kappa shape index (κ1) is 9.21. The van der Waals surface area contributed by atoms with Crippen LogP contribution in [0, 0.1) is 0 Å². The average Bonchev–Trinajstić information content (AvgIpc) is 2.23. The van der Waals surface area contributed by atoms with Crippen molar-refractivity contribution >= 4 is 11.6 Å². The second kappa shape index (κ2) is 4.23. The van der Waals surface area contributed by atoms with Gasteiger partial charge < -0.3 is 11.2 Å². The van der Waals surface area contributed by atoms with E-state index in [-0.39, 0.29) is 0 Å². The third-order valence-electron chi connectivity index (χ3n) is 2.30. The van der Waals surface area contributed by atoms with E-state index in [1.54, 1.807) is 12.4 Å². The monoisotopic (exact) mass is 193 g/mol. The molecule has 14 heavy (non-hydrogen) atoms. The molecule has 1 saturated heterocycles. The van der Waals surface area contributed by atoms with Crippen LogP contribution in [0.4, 0.5) is 11.6 Å². The van der Waals surface area contributed by atoms with Gasteiger partial charge in [0.15, 0.2) is 5.82 Å². The Hall–Kier alpha value is -1.36. The first-order valence-corrected chi connectivity index (χ1v) is 4.94. The molecule has 0 spiro atoms. The van der Waals surface area contributed by atoms with Crippen LogP contribution in [0.5, 0.6) is 0 Å². The smallest absolute Gasteiger partial charge is 0.159 e. The van der Waals surface area contributed by atoms with Crippen molar-refractivity contribution in [3.05, 3.63) is 12.4 Å². The van der Waals surface area contributed by atoms with Gasteiger partial charge in [0.25, 0.3) is 0 Å².